The average Bonchev–Trinajstić information content (AvgIpc) is 2.76. The molecule has 0 aromatic heterocycles. The molecule has 0 bridgehead atoms. The Hall–Kier alpha value is -2.86. The van der Waals surface area contributed by atoms with E-state index in [4.69, 9.17) is 14.2 Å². The third-order valence-corrected chi connectivity index (χ3v) is 5.38. The second kappa shape index (κ2) is 12.2. The Morgan fingerprint density at radius 2 is 1.69 bits per heavy atom. The van der Waals surface area contributed by atoms with Crippen molar-refractivity contribution >= 4 is 11.7 Å². The van der Waals surface area contributed by atoms with Gasteiger partial charge in [-0.2, -0.15) is 0 Å². The molecule has 0 saturated carbocycles. The molecule has 0 heterocycles. The maximum atomic E-state index is 12.5. The minimum atomic E-state index is -0.243. The standard InChI is InChI=1S/C26H35NO5/c1-7-31-24-16-23(18(3)26(32-8-2)25(24)20(5)28)19(4)27(21(6)29)14-15-30-17-22-12-10-9-11-13-22/h9-13,16,19H,7-8,14-15,17H2,1-6H3/t19-/m1/s1. The quantitative estimate of drug-likeness (QED) is 0.338. The first-order chi connectivity index (χ1) is 15.3. The van der Waals surface area contributed by atoms with Gasteiger partial charge < -0.3 is 19.1 Å². The van der Waals surface area contributed by atoms with Crippen LogP contribution in [0.5, 0.6) is 11.5 Å². The van der Waals surface area contributed by atoms with Crippen molar-refractivity contribution in [3.05, 3.63) is 58.7 Å². The molecule has 0 unspecified atom stereocenters. The topological polar surface area (TPSA) is 65.1 Å². The summed E-state index contributed by atoms with van der Waals surface area (Å²) in [6.45, 7) is 12.9. The van der Waals surface area contributed by atoms with E-state index in [0.717, 1.165) is 16.7 Å². The Morgan fingerprint density at radius 3 is 2.25 bits per heavy atom. The van der Waals surface area contributed by atoms with E-state index in [1.807, 2.05) is 64.1 Å². The van der Waals surface area contributed by atoms with Gasteiger partial charge in [0, 0.05) is 13.5 Å². The highest BCUT2D eigenvalue weighted by Gasteiger charge is 2.27. The van der Waals surface area contributed by atoms with Gasteiger partial charge in [0.25, 0.3) is 0 Å². The number of ether oxygens (including phenoxy) is 3. The first kappa shape index (κ1) is 25.4. The Labute approximate surface area is 191 Å². The summed E-state index contributed by atoms with van der Waals surface area (Å²) in [5, 5.41) is 0. The zero-order chi connectivity index (χ0) is 23.7. The molecule has 1 amide bonds. The highest BCUT2D eigenvalue weighted by molar-refractivity contribution is 6.00. The Bertz CT molecular complexity index is 910. The molecule has 174 valence electrons. The number of carbonyl (C=O) groups excluding carboxylic acids is 2. The van der Waals surface area contributed by atoms with Crippen molar-refractivity contribution in [2.24, 2.45) is 0 Å². The van der Waals surface area contributed by atoms with Crippen LogP contribution >= 0.6 is 0 Å². The molecule has 0 fully saturated rings. The monoisotopic (exact) mass is 441 g/mol. The van der Waals surface area contributed by atoms with Crippen LogP contribution in [-0.4, -0.2) is 43.0 Å². The van der Waals surface area contributed by atoms with E-state index in [1.54, 1.807) is 11.8 Å². The first-order valence-electron chi connectivity index (χ1n) is 11.1. The van der Waals surface area contributed by atoms with Crippen LogP contribution in [0.4, 0.5) is 0 Å². The van der Waals surface area contributed by atoms with Gasteiger partial charge >= 0.3 is 0 Å². The zero-order valence-corrected chi connectivity index (χ0v) is 20.1. The molecule has 6 nitrogen and oxygen atoms in total. The fraction of sp³-hybridized carbons (Fsp3) is 0.462. The van der Waals surface area contributed by atoms with Crippen LogP contribution in [0.1, 0.15) is 67.7 Å². The molecule has 32 heavy (non-hydrogen) atoms. The summed E-state index contributed by atoms with van der Waals surface area (Å²) in [5.41, 5.74) is 3.26. The van der Waals surface area contributed by atoms with Crippen LogP contribution in [-0.2, 0) is 16.1 Å². The summed E-state index contributed by atoms with van der Waals surface area (Å²) in [4.78, 5) is 26.6. The number of ketones is 1. The summed E-state index contributed by atoms with van der Waals surface area (Å²) < 4.78 is 17.5. The highest BCUT2D eigenvalue weighted by Crippen LogP contribution is 2.39. The van der Waals surface area contributed by atoms with Crippen LogP contribution in [0.25, 0.3) is 0 Å². The maximum absolute atomic E-state index is 12.5. The van der Waals surface area contributed by atoms with E-state index in [0.29, 0.717) is 50.0 Å². The number of nitrogens with zero attached hydrogens (tertiary/aromatic N) is 1. The minimum Gasteiger partial charge on any atom is -0.493 e. The second-order valence-corrected chi connectivity index (χ2v) is 7.64. The van der Waals surface area contributed by atoms with Gasteiger partial charge in [-0.1, -0.05) is 30.3 Å². The SMILES string of the molecule is CCOc1cc([C@@H](C)N(CCOCc2ccccc2)C(C)=O)c(C)c(OCC)c1C(C)=O. The molecule has 2 aromatic rings. The van der Waals surface area contributed by atoms with E-state index in [-0.39, 0.29) is 17.7 Å². The lowest BCUT2D eigenvalue weighted by Crippen LogP contribution is -2.35. The number of hydrogen-bond acceptors (Lipinski definition) is 5. The average molecular weight is 442 g/mol. The molecule has 0 saturated heterocycles. The van der Waals surface area contributed by atoms with Crippen LogP contribution < -0.4 is 9.47 Å². The number of hydrogen-bond donors (Lipinski definition) is 0. The molecule has 0 spiro atoms. The molecule has 0 aliphatic carbocycles. The van der Waals surface area contributed by atoms with Crippen molar-refractivity contribution in [2.45, 2.75) is 54.2 Å². The molecule has 0 aliphatic rings. The third kappa shape index (κ3) is 6.33. The summed E-state index contributed by atoms with van der Waals surface area (Å²) in [6, 6.07) is 11.6. The lowest BCUT2D eigenvalue weighted by molar-refractivity contribution is -0.132. The van der Waals surface area contributed by atoms with Crippen molar-refractivity contribution < 1.29 is 23.8 Å². The van der Waals surface area contributed by atoms with Crippen LogP contribution in [0.15, 0.2) is 36.4 Å². The Morgan fingerprint density at radius 1 is 1.03 bits per heavy atom. The Kier molecular flexibility index (Phi) is 9.72. The zero-order valence-electron chi connectivity index (χ0n) is 20.1. The van der Waals surface area contributed by atoms with Crippen LogP contribution in [0, 0.1) is 6.92 Å². The van der Waals surface area contributed by atoms with Crippen molar-refractivity contribution in [1.82, 2.24) is 4.90 Å². The van der Waals surface area contributed by atoms with E-state index in [1.165, 1.54) is 6.92 Å². The Balaban J connectivity index is 2.29. The number of rotatable bonds is 12. The lowest BCUT2D eigenvalue weighted by atomic mass is 9.95. The van der Waals surface area contributed by atoms with Gasteiger partial charge in [-0.25, -0.2) is 0 Å². The molecule has 0 radical (unpaired) electrons. The molecule has 1 atom stereocenters. The number of benzene rings is 2. The summed E-state index contributed by atoms with van der Waals surface area (Å²) >= 11 is 0. The van der Waals surface area contributed by atoms with E-state index in [9.17, 15) is 9.59 Å². The number of carbonyl (C=O) groups is 2. The molecule has 2 rings (SSSR count). The van der Waals surface area contributed by atoms with Gasteiger partial charge in [0.1, 0.15) is 17.1 Å². The van der Waals surface area contributed by atoms with Crippen molar-refractivity contribution in [3.8, 4) is 11.5 Å². The lowest BCUT2D eigenvalue weighted by Gasteiger charge is -2.31. The van der Waals surface area contributed by atoms with Gasteiger partial charge in [0.2, 0.25) is 5.91 Å². The van der Waals surface area contributed by atoms with Gasteiger partial charge in [0.15, 0.2) is 5.78 Å². The van der Waals surface area contributed by atoms with E-state index >= 15 is 0 Å². The fourth-order valence-corrected chi connectivity index (χ4v) is 3.83. The summed E-state index contributed by atoms with van der Waals surface area (Å²) in [6.07, 6.45) is 0. The molecular formula is C26H35NO5. The summed E-state index contributed by atoms with van der Waals surface area (Å²) in [7, 11) is 0. The molecule has 0 N–H and O–H groups in total. The smallest absolute Gasteiger partial charge is 0.220 e. The van der Waals surface area contributed by atoms with Crippen molar-refractivity contribution in [2.75, 3.05) is 26.4 Å². The summed E-state index contributed by atoms with van der Waals surface area (Å²) in [5.74, 6) is 0.847. The van der Waals surface area contributed by atoms with E-state index in [2.05, 4.69) is 0 Å². The molecule has 2 aromatic carbocycles. The van der Waals surface area contributed by atoms with Gasteiger partial charge in [0.05, 0.1) is 32.5 Å². The van der Waals surface area contributed by atoms with Crippen LogP contribution in [0.3, 0.4) is 0 Å². The number of Topliss-reactive ketones (excluding diaryl/α,β-unsaturated/α-hetero) is 1. The molecule has 6 heteroatoms. The van der Waals surface area contributed by atoms with Gasteiger partial charge in [-0.05, 0) is 57.4 Å². The number of amides is 1. The predicted molar refractivity (Wildman–Crippen MR) is 125 cm³/mol. The first-order valence-corrected chi connectivity index (χ1v) is 11.1. The highest BCUT2D eigenvalue weighted by atomic mass is 16.5. The normalized spacial score (nSPS) is 11.7. The van der Waals surface area contributed by atoms with Crippen molar-refractivity contribution in [3.63, 3.8) is 0 Å². The third-order valence-electron chi connectivity index (χ3n) is 5.38. The van der Waals surface area contributed by atoms with E-state index < -0.39 is 0 Å². The van der Waals surface area contributed by atoms with Gasteiger partial charge in [-0.3, -0.25) is 9.59 Å². The molecule has 0 aliphatic heterocycles. The second-order valence-electron chi connectivity index (χ2n) is 7.64. The predicted octanol–water partition coefficient (Wildman–Crippen LogP) is 5.12. The molecular weight excluding hydrogens is 406 g/mol. The van der Waals surface area contributed by atoms with Crippen LogP contribution in [0.2, 0.25) is 0 Å². The van der Waals surface area contributed by atoms with Crippen molar-refractivity contribution in [1.29, 1.82) is 0 Å². The maximum Gasteiger partial charge on any atom is 0.220 e. The minimum absolute atomic E-state index is 0.0493. The largest absolute Gasteiger partial charge is 0.493 e. The fourth-order valence-electron chi connectivity index (χ4n) is 3.83. The van der Waals surface area contributed by atoms with Gasteiger partial charge in [-0.15, -0.1) is 0 Å².